The van der Waals surface area contributed by atoms with Gasteiger partial charge < -0.3 is 0 Å². The molecule has 0 N–H and O–H groups in total. The van der Waals surface area contributed by atoms with Gasteiger partial charge in [0.2, 0.25) is 0 Å². The lowest BCUT2D eigenvalue weighted by atomic mass is 10.2. The van der Waals surface area contributed by atoms with Gasteiger partial charge in [-0.3, -0.25) is 0 Å². The van der Waals surface area contributed by atoms with Gasteiger partial charge in [0.25, 0.3) is 0 Å². The molecule has 0 spiro atoms. The smallest absolute Gasteiger partial charge is 0.0867 e. The Morgan fingerprint density at radius 2 is 1.82 bits per heavy atom. The third-order valence-electron chi connectivity index (χ3n) is 0.861. The summed E-state index contributed by atoms with van der Waals surface area (Å²) < 4.78 is 11.3. The molecule has 0 rings (SSSR count). The van der Waals surface area contributed by atoms with Crippen LogP contribution in [0.3, 0.4) is 0 Å². The van der Waals surface area contributed by atoms with Crippen molar-refractivity contribution in [3.8, 4) is 0 Å². The van der Waals surface area contributed by atoms with Crippen LogP contribution < -0.4 is 0 Å². The van der Waals surface area contributed by atoms with Crippen molar-refractivity contribution in [1.82, 2.24) is 0 Å². The molecule has 0 atom stereocenters. The van der Waals surface area contributed by atoms with E-state index >= 15 is 0 Å². The fourth-order valence-corrected chi connectivity index (χ4v) is 0.507. The Labute approximate surface area is 69.1 Å². The van der Waals surface area contributed by atoms with Gasteiger partial charge in [0, 0.05) is 0 Å². The maximum atomic E-state index is 11.3. The van der Waals surface area contributed by atoms with Crippen LogP contribution in [0.1, 0.15) is 27.7 Å². The average molecular weight is 156 g/mol. The highest BCUT2D eigenvalue weighted by molar-refractivity contribution is 5.20. The highest BCUT2D eigenvalue weighted by Crippen LogP contribution is 1.94. The molecule has 0 nitrogen and oxygen atoms in total. The molecule has 0 aromatic rings. The molecule has 0 heterocycles. The second-order valence-corrected chi connectivity index (χ2v) is 1.73. The molecule has 0 aromatic heterocycles. The van der Waals surface area contributed by atoms with Gasteiger partial charge in [-0.1, -0.05) is 37.6 Å². The van der Waals surface area contributed by atoms with Gasteiger partial charge in [-0.05, 0) is 19.9 Å². The van der Waals surface area contributed by atoms with Crippen LogP contribution in [-0.4, -0.2) is 0 Å². The third-order valence-corrected chi connectivity index (χ3v) is 0.861. The molecule has 1 heteroatoms. The first kappa shape index (κ1) is 12.8. The van der Waals surface area contributed by atoms with E-state index in [9.17, 15) is 4.39 Å². The third kappa shape index (κ3) is 12.4. The van der Waals surface area contributed by atoms with Gasteiger partial charge in [0.1, 0.15) is 0 Å². The number of halogens is 1. The van der Waals surface area contributed by atoms with Gasteiger partial charge in [-0.25, -0.2) is 4.39 Å². The zero-order valence-electron chi connectivity index (χ0n) is 7.76. The first-order chi connectivity index (χ1) is 5.31. The Balaban J connectivity index is 0. The molecular formula is C10H17F. The largest absolute Gasteiger partial charge is 0.216 e. The summed E-state index contributed by atoms with van der Waals surface area (Å²) in [6, 6.07) is 0. The molecule has 0 amide bonds. The molecule has 0 aliphatic heterocycles. The van der Waals surface area contributed by atoms with Gasteiger partial charge in [0.05, 0.1) is 6.33 Å². The fraction of sp³-hybridized carbons (Fsp3) is 0.400. The molecule has 0 aliphatic rings. The van der Waals surface area contributed by atoms with Crippen molar-refractivity contribution in [2.45, 2.75) is 27.7 Å². The molecule has 0 saturated carbocycles. The predicted molar refractivity (Wildman–Crippen MR) is 50.2 cm³/mol. The van der Waals surface area contributed by atoms with E-state index < -0.39 is 0 Å². The van der Waals surface area contributed by atoms with E-state index in [-0.39, 0.29) is 0 Å². The highest BCUT2D eigenvalue weighted by atomic mass is 19.1. The van der Waals surface area contributed by atoms with E-state index in [0.717, 1.165) is 5.57 Å². The second kappa shape index (κ2) is 11.9. The summed E-state index contributed by atoms with van der Waals surface area (Å²) in [5.74, 6) is 0. The molecule has 0 saturated heterocycles. The van der Waals surface area contributed by atoms with Crippen LogP contribution in [0.2, 0.25) is 0 Å². The van der Waals surface area contributed by atoms with Crippen molar-refractivity contribution in [2.75, 3.05) is 0 Å². The van der Waals surface area contributed by atoms with Crippen molar-refractivity contribution >= 4 is 0 Å². The van der Waals surface area contributed by atoms with Crippen molar-refractivity contribution < 1.29 is 4.39 Å². The molecule has 0 unspecified atom stereocenters. The second-order valence-electron chi connectivity index (χ2n) is 1.73. The minimum absolute atomic E-state index is 0.521. The summed E-state index contributed by atoms with van der Waals surface area (Å²) >= 11 is 0. The van der Waals surface area contributed by atoms with E-state index in [1.165, 1.54) is 6.08 Å². The van der Waals surface area contributed by atoms with Gasteiger partial charge >= 0.3 is 0 Å². The van der Waals surface area contributed by atoms with Crippen LogP contribution in [-0.2, 0) is 0 Å². The lowest BCUT2D eigenvalue weighted by Gasteiger charge is -1.83. The number of hydrogen-bond donors (Lipinski definition) is 0. The quantitative estimate of drug-likeness (QED) is 0.530. The van der Waals surface area contributed by atoms with Crippen LogP contribution in [0.4, 0.5) is 4.39 Å². The zero-order valence-corrected chi connectivity index (χ0v) is 7.76. The minimum Gasteiger partial charge on any atom is -0.216 e. The summed E-state index contributed by atoms with van der Waals surface area (Å²) in [6.07, 6.45) is 7.43. The first-order valence-corrected chi connectivity index (χ1v) is 3.87. The maximum absolute atomic E-state index is 11.3. The Kier molecular flexibility index (Phi) is 13.8. The van der Waals surface area contributed by atoms with Gasteiger partial charge in [-0.15, -0.1) is 0 Å². The van der Waals surface area contributed by atoms with Crippen LogP contribution >= 0.6 is 0 Å². The van der Waals surface area contributed by atoms with Gasteiger partial charge in [-0.2, -0.15) is 0 Å². The number of allylic oxidation sites excluding steroid dienone is 5. The fourth-order valence-electron chi connectivity index (χ4n) is 0.507. The van der Waals surface area contributed by atoms with Crippen molar-refractivity contribution in [2.24, 2.45) is 0 Å². The van der Waals surface area contributed by atoms with Crippen molar-refractivity contribution in [3.63, 3.8) is 0 Å². The highest BCUT2D eigenvalue weighted by Gasteiger charge is 1.73. The zero-order chi connectivity index (χ0) is 9.11. The normalized spacial score (nSPS) is 11.9. The Morgan fingerprint density at radius 3 is 2.18 bits per heavy atom. The summed E-state index contributed by atoms with van der Waals surface area (Å²) in [5, 5.41) is 0. The lowest BCUT2D eigenvalue weighted by molar-refractivity contribution is 0.721. The molecule has 0 aromatic carbocycles. The molecule has 11 heavy (non-hydrogen) atoms. The van der Waals surface area contributed by atoms with E-state index in [4.69, 9.17) is 0 Å². The van der Waals surface area contributed by atoms with Gasteiger partial charge in [0.15, 0.2) is 0 Å². The molecule has 0 aliphatic carbocycles. The minimum atomic E-state index is 0.521. The van der Waals surface area contributed by atoms with Crippen LogP contribution in [0.25, 0.3) is 0 Å². The SMILES string of the molecule is C/C=C/C(C)=C\C=C\F.CC. The molecular weight excluding hydrogens is 139 g/mol. The Hall–Kier alpha value is -0.850. The molecule has 0 bridgehead atoms. The van der Waals surface area contributed by atoms with Crippen LogP contribution in [0.15, 0.2) is 36.2 Å². The van der Waals surface area contributed by atoms with Crippen LogP contribution in [0, 0.1) is 0 Å². The lowest BCUT2D eigenvalue weighted by Crippen LogP contribution is -1.62. The number of hydrogen-bond acceptors (Lipinski definition) is 0. The summed E-state index contributed by atoms with van der Waals surface area (Å²) in [4.78, 5) is 0. The van der Waals surface area contributed by atoms with Crippen molar-refractivity contribution in [1.29, 1.82) is 0 Å². The molecule has 0 radical (unpaired) electrons. The summed E-state index contributed by atoms with van der Waals surface area (Å²) in [6.45, 7) is 7.84. The Bertz CT molecular complexity index is 141. The van der Waals surface area contributed by atoms with Crippen molar-refractivity contribution in [3.05, 3.63) is 36.2 Å². The number of rotatable bonds is 2. The monoisotopic (exact) mass is 156 g/mol. The molecule has 0 fully saturated rings. The van der Waals surface area contributed by atoms with E-state index in [1.54, 1.807) is 6.08 Å². The Morgan fingerprint density at radius 1 is 1.27 bits per heavy atom. The van der Waals surface area contributed by atoms with E-state index in [0.29, 0.717) is 6.33 Å². The summed E-state index contributed by atoms with van der Waals surface area (Å²) in [7, 11) is 0. The molecule has 64 valence electrons. The standard InChI is InChI=1S/C8H11F.C2H6/c1-3-5-8(2)6-4-7-9;1-2/h3-7H,1-2H3;1-2H3/b5-3+,7-4+,8-6-;. The van der Waals surface area contributed by atoms with Crippen LogP contribution in [0.5, 0.6) is 0 Å². The summed E-state index contributed by atoms with van der Waals surface area (Å²) in [5.41, 5.74) is 1.05. The predicted octanol–water partition coefficient (Wildman–Crippen LogP) is 4.02. The van der Waals surface area contributed by atoms with E-state index in [1.807, 2.05) is 39.8 Å². The average Bonchev–Trinajstić information content (AvgIpc) is 2.05. The van der Waals surface area contributed by atoms with E-state index in [2.05, 4.69) is 0 Å². The maximum Gasteiger partial charge on any atom is 0.0867 e. The topological polar surface area (TPSA) is 0 Å². The first-order valence-electron chi connectivity index (χ1n) is 3.87.